The van der Waals surface area contributed by atoms with Crippen LogP contribution in [0.3, 0.4) is 0 Å². The van der Waals surface area contributed by atoms with Gasteiger partial charge >= 0.3 is 0 Å². The summed E-state index contributed by atoms with van der Waals surface area (Å²) in [5.74, 6) is 0.259. The van der Waals surface area contributed by atoms with Gasteiger partial charge in [0, 0.05) is 18.9 Å². The van der Waals surface area contributed by atoms with Crippen LogP contribution in [0.15, 0.2) is 0 Å². The molecule has 0 amide bonds. The Labute approximate surface area is 125 Å². The second-order valence-electron chi connectivity index (χ2n) is 5.92. The number of nitrogens with zero attached hydrogens (tertiary/aromatic N) is 2. The smallest absolute Gasteiger partial charge is 0.0850 e. The highest BCUT2D eigenvalue weighted by Gasteiger charge is 2.44. The molecule has 2 saturated heterocycles. The average Bonchev–Trinajstić information content (AvgIpc) is 3.14. The van der Waals surface area contributed by atoms with Crippen molar-refractivity contribution >= 4 is 11.6 Å². The van der Waals surface area contributed by atoms with Crippen molar-refractivity contribution in [3.63, 3.8) is 0 Å². The van der Waals surface area contributed by atoms with Crippen molar-refractivity contribution in [3.8, 4) is 0 Å². The predicted molar refractivity (Wildman–Crippen MR) is 78.0 cm³/mol. The summed E-state index contributed by atoms with van der Waals surface area (Å²) in [7, 11) is 0. The predicted octanol–water partition coefficient (Wildman–Crippen LogP) is 2.59. The van der Waals surface area contributed by atoms with Crippen molar-refractivity contribution in [1.29, 1.82) is 0 Å². The second kappa shape index (κ2) is 5.66. The summed E-state index contributed by atoms with van der Waals surface area (Å²) in [5.41, 5.74) is 1.90. The molecule has 0 saturated carbocycles. The summed E-state index contributed by atoms with van der Waals surface area (Å²) in [5, 5.41) is 15.8. The lowest BCUT2D eigenvalue weighted by atomic mass is 9.83. The molecule has 5 heteroatoms. The minimum absolute atomic E-state index is 0.248. The number of rotatable bonds is 5. The standard InChI is InChI=1S/C15H23ClN2O2/c1-3-11-15(16)12(18(4-2)17-11)8-13(19)10-7-9-5-6-14(10)20-9/h9-10,13-14,19H,3-8H2,1-2H3. The molecule has 20 heavy (non-hydrogen) atoms. The van der Waals surface area contributed by atoms with Gasteiger partial charge in [0.1, 0.15) is 0 Å². The first-order valence-corrected chi connectivity index (χ1v) is 8.09. The summed E-state index contributed by atoms with van der Waals surface area (Å²) in [6.07, 6.45) is 4.88. The monoisotopic (exact) mass is 298 g/mol. The van der Waals surface area contributed by atoms with E-state index in [9.17, 15) is 5.11 Å². The van der Waals surface area contributed by atoms with Crippen LogP contribution >= 0.6 is 11.6 Å². The highest BCUT2D eigenvalue weighted by molar-refractivity contribution is 6.31. The number of aromatic nitrogens is 2. The lowest BCUT2D eigenvalue weighted by molar-refractivity contribution is 0.0423. The minimum atomic E-state index is -0.380. The van der Waals surface area contributed by atoms with Crippen LogP contribution in [0.4, 0.5) is 0 Å². The molecule has 0 aliphatic carbocycles. The van der Waals surface area contributed by atoms with Gasteiger partial charge in [-0.05, 0) is 32.6 Å². The van der Waals surface area contributed by atoms with Crippen LogP contribution < -0.4 is 0 Å². The van der Waals surface area contributed by atoms with Crippen LogP contribution in [0.5, 0.6) is 0 Å². The van der Waals surface area contributed by atoms with E-state index in [0.29, 0.717) is 12.5 Å². The van der Waals surface area contributed by atoms with Crippen molar-refractivity contribution in [2.45, 2.75) is 70.8 Å². The van der Waals surface area contributed by atoms with Crippen molar-refractivity contribution < 1.29 is 9.84 Å². The Kier molecular flexibility index (Phi) is 4.07. The summed E-state index contributed by atoms with van der Waals surface area (Å²) in [6.45, 7) is 4.90. The average molecular weight is 299 g/mol. The van der Waals surface area contributed by atoms with Crippen molar-refractivity contribution in [3.05, 3.63) is 16.4 Å². The zero-order chi connectivity index (χ0) is 14.3. The number of aliphatic hydroxyl groups is 1. The van der Waals surface area contributed by atoms with Gasteiger partial charge in [-0.2, -0.15) is 5.10 Å². The molecule has 4 unspecified atom stereocenters. The Bertz CT molecular complexity index is 488. The molecule has 1 aromatic heterocycles. The molecule has 0 radical (unpaired) electrons. The fraction of sp³-hybridized carbons (Fsp3) is 0.800. The number of halogens is 1. The van der Waals surface area contributed by atoms with Gasteiger partial charge in [0.05, 0.1) is 34.7 Å². The summed E-state index contributed by atoms with van der Waals surface area (Å²) in [6, 6.07) is 0. The van der Waals surface area contributed by atoms with Crippen molar-refractivity contribution in [1.82, 2.24) is 9.78 Å². The van der Waals surface area contributed by atoms with Gasteiger partial charge in [-0.15, -0.1) is 0 Å². The van der Waals surface area contributed by atoms with Crippen molar-refractivity contribution in [2.24, 2.45) is 5.92 Å². The molecule has 4 atom stereocenters. The number of aliphatic hydroxyl groups excluding tert-OH is 1. The fourth-order valence-corrected chi connectivity index (χ4v) is 3.99. The zero-order valence-corrected chi connectivity index (χ0v) is 12.9. The first-order chi connectivity index (χ1) is 9.63. The lowest BCUT2D eigenvalue weighted by Gasteiger charge is -2.24. The maximum atomic E-state index is 10.6. The highest BCUT2D eigenvalue weighted by Crippen LogP contribution is 2.41. The van der Waals surface area contributed by atoms with Gasteiger partial charge in [-0.3, -0.25) is 4.68 Å². The first kappa shape index (κ1) is 14.4. The van der Waals surface area contributed by atoms with E-state index in [4.69, 9.17) is 16.3 Å². The van der Waals surface area contributed by atoms with Crippen molar-refractivity contribution in [2.75, 3.05) is 0 Å². The van der Waals surface area contributed by atoms with E-state index in [0.717, 1.165) is 48.6 Å². The van der Waals surface area contributed by atoms with Gasteiger partial charge in [0.2, 0.25) is 0 Å². The third-order valence-electron chi connectivity index (χ3n) is 4.74. The first-order valence-electron chi connectivity index (χ1n) is 7.71. The van der Waals surface area contributed by atoms with Crippen LogP contribution in [-0.4, -0.2) is 33.2 Å². The molecule has 112 valence electrons. The summed E-state index contributed by atoms with van der Waals surface area (Å²) >= 11 is 6.41. The molecular formula is C15H23ClN2O2. The van der Waals surface area contributed by atoms with Gasteiger partial charge in [-0.25, -0.2) is 0 Å². The molecule has 0 aromatic carbocycles. The molecule has 1 aromatic rings. The Hall–Kier alpha value is -0.580. The van der Waals surface area contributed by atoms with Gasteiger partial charge < -0.3 is 9.84 Å². The largest absolute Gasteiger partial charge is 0.392 e. The molecule has 3 heterocycles. The molecule has 4 nitrogen and oxygen atoms in total. The van der Waals surface area contributed by atoms with Crippen LogP contribution in [-0.2, 0) is 24.1 Å². The normalized spacial score (nSPS) is 30.1. The third-order valence-corrected chi connectivity index (χ3v) is 5.18. The molecular weight excluding hydrogens is 276 g/mol. The summed E-state index contributed by atoms with van der Waals surface area (Å²) < 4.78 is 7.77. The second-order valence-corrected chi connectivity index (χ2v) is 6.30. The van der Waals surface area contributed by atoms with Crippen LogP contribution in [0.2, 0.25) is 5.02 Å². The lowest BCUT2D eigenvalue weighted by Crippen LogP contribution is -2.31. The van der Waals surface area contributed by atoms with Gasteiger partial charge in [-0.1, -0.05) is 18.5 Å². The Morgan fingerprint density at radius 2 is 2.25 bits per heavy atom. The SMILES string of the molecule is CCc1nn(CC)c(CC(O)C2CC3CCC2O3)c1Cl. The van der Waals surface area contributed by atoms with E-state index in [1.165, 1.54) is 0 Å². The maximum Gasteiger partial charge on any atom is 0.0850 e. The van der Waals surface area contributed by atoms with E-state index in [2.05, 4.69) is 18.9 Å². The molecule has 2 aliphatic heterocycles. The Morgan fingerprint density at radius 1 is 1.45 bits per heavy atom. The van der Waals surface area contributed by atoms with E-state index in [1.54, 1.807) is 0 Å². The van der Waals surface area contributed by atoms with Crippen LogP contribution in [0.1, 0.15) is 44.5 Å². The molecule has 1 N–H and O–H groups in total. The Morgan fingerprint density at radius 3 is 2.80 bits per heavy atom. The Balaban J connectivity index is 1.75. The van der Waals surface area contributed by atoms with E-state index in [-0.39, 0.29) is 18.1 Å². The molecule has 2 bridgehead atoms. The number of aryl methyl sites for hydroxylation is 2. The van der Waals surface area contributed by atoms with Gasteiger partial charge in [0.15, 0.2) is 0 Å². The number of hydrogen-bond donors (Lipinski definition) is 1. The highest BCUT2D eigenvalue weighted by atomic mass is 35.5. The van der Waals surface area contributed by atoms with E-state index >= 15 is 0 Å². The van der Waals surface area contributed by atoms with E-state index < -0.39 is 0 Å². The number of fused-ring (bicyclic) bond motifs is 2. The molecule has 2 aliphatic rings. The van der Waals surface area contributed by atoms with E-state index in [1.807, 2.05) is 4.68 Å². The zero-order valence-electron chi connectivity index (χ0n) is 12.2. The minimum Gasteiger partial charge on any atom is -0.392 e. The molecule has 2 fully saturated rings. The maximum absolute atomic E-state index is 10.6. The molecule has 3 rings (SSSR count). The summed E-state index contributed by atoms with van der Waals surface area (Å²) in [4.78, 5) is 0. The number of ether oxygens (including phenoxy) is 1. The quantitative estimate of drug-likeness (QED) is 0.909. The topological polar surface area (TPSA) is 47.3 Å². The van der Waals surface area contributed by atoms with Crippen LogP contribution in [0.25, 0.3) is 0 Å². The fourth-order valence-electron chi connectivity index (χ4n) is 3.64. The molecule has 0 spiro atoms. The van der Waals surface area contributed by atoms with Crippen LogP contribution in [0, 0.1) is 5.92 Å². The third kappa shape index (κ3) is 2.38. The number of hydrogen-bond acceptors (Lipinski definition) is 3. The van der Waals surface area contributed by atoms with Gasteiger partial charge in [0.25, 0.3) is 0 Å².